The predicted molar refractivity (Wildman–Crippen MR) is 142 cm³/mol. The molecule has 31 heavy (non-hydrogen) atoms. The average molecular weight is 664 g/mol. The van der Waals surface area contributed by atoms with Crippen molar-refractivity contribution in [1.29, 1.82) is 0 Å². The van der Waals surface area contributed by atoms with Gasteiger partial charge in [0.2, 0.25) is 0 Å². The fraction of sp³-hybridized carbons (Fsp3) is 0.667. The minimum atomic E-state index is -2.53. The first-order chi connectivity index (χ1) is 14.2. The Morgan fingerprint density at radius 2 is 1.29 bits per heavy atom. The first-order valence-corrected chi connectivity index (χ1v) is 27.2. The molecule has 0 heterocycles. The molecule has 184 valence electrons. The van der Waals surface area contributed by atoms with Crippen LogP contribution in [0.1, 0.15) is 19.3 Å². The van der Waals surface area contributed by atoms with E-state index >= 15 is 0 Å². The summed E-state index contributed by atoms with van der Waals surface area (Å²) in [5.74, 6) is 0. The predicted octanol–water partition coefficient (Wildman–Crippen LogP) is 7.76. The standard InChI is InChI=1S/C21H39O3Si3.3CH3.Pt/c1-10-16-25(6,7)20-15-14-19(21(20)26(8,9)17-11-2)13-12-18-27(22-3,23-4)24-5;;;;/h10-11H,1-2,12-14,16-18H2,3-9H3;3*1H3;. The topological polar surface area (TPSA) is 27.7 Å². The molecular weight excluding hydrogens is 616 g/mol. The summed E-state index contributed by atoms with van der Waals surface area (Å²) < 4.78 is 18.9. The molecule has 1 aliphatic carbocycles. The molecule has 7 heteroatoms. The Balaban J connectivity index is 3.51. The summed E-state index contributed by atoms with van der Waals surface area (Å²) in [5.41, 5.74) is 1.71. The van der Waals surface area contributed by atoms with Crippen LogP contribution in [0.3, 0.4) is 0 Å². The van der Waals surface area contributed by atoms with Crippen LogP contribution in [0.15, 0.2) is 45.2 Å². The Kier molecular flexibility index (Phi) is 10.9. The Bertz CT molecular complexity index is 706. The van der Waals surface area contributed by atoms with Crippen molar-refractivity contribution in [1.82, 2.24) is 0 Å². The van der Waals surface area contributed by atoms with E-state index < -0.39 is 41.0 Å². The van der Waals surface area contributed by atoms with Crippen molar-refractivity contribution in [2.45, 2.75) is 79.5 Å². The van der Waals surface area contributed by atoms with Gasteiger partial charge < -0.3 is 0 Å². The first kappa shape index (κ1) is 29.2. The third-order valence-corrected chi connectivity index (χ3v) is 21.5. The molecule has 1 rings (SSSR count). The molecule has 3 nitrogen and oxygen atoms in total. The normalized spacial score (nSPS) is 16.8. The molecule has 0 radical (unpaired) electrons. The molecule has 0 unspecified atom stereocenters. The minimum absolute atomic E-state index is 0.866. The van der Waals surface area contributed by atoms with E-state index in [1.54, 1.807) is 32.1 Å². The quantitative estimate of drug-likeness (QED) is 0.141. The number of hydrogen-bond donors (Lipinski definition) is 0. The van der Waals surface area contributed by atoms with Crippen molar-refractivity contribution in [3.63, 3.8) is 0 Å². The molecule has 0 saturated carbocycles. The zero-order chi connectivity index (χ0) is 24.1. The molecule has 0 aliphatic heterocycles. The van der Waals surface area contributed by atoms with E-state index in [1.165, 1.54) is 6.42 Å². The van der Waals surface area contributed by atoms with E-state index in [0.717, 1.165) is 31.0 Å². The number of hydrogen-bond acceptors (Lipinski definition) is 3. The fourth-order valence-electron chi connectivity index (χ4n) is 4.78. The molecule has 0 spiro atoms. The first-order valence-electron chi connectivity index (χ1n) is 10.9. The van der Waals surface area contributed by atoms with Gasteiger partial charge in [-0.2, -0.15) is 0 Å². The summed E-state index contributed by atoms with van der Waals surface area (Å²) in [4.78, 5) is 0. The Morgan fingerprint density at radius 3 is 1.68 bits per heavy atom. The van der Waals surface area contributed by atoms with E-state index in [4.69, 9.17) is 13.3 Å². The van der Waals surface area contributed by atoms with Crippen LogP contribution in [-0.4, -0.2) is 46.3 Å². The fourth-order valence-corrected chi connectivity index (χ4v) is 22.2. The second-order valence-corrected chi connectivity index (χ2v) is 34.3. The van der Waals surface area contributed by atoms with Crippen LogP contribution in [0.5, 0.6) is 0 Å². The number of allylic oxidation sites excluding steroid dienone is 6. The summed E-state index contributed by atoms with van der Waals surface area (Å²) in [6, 6.07) is 3.17. The molecular formula is C24H48O3PtSi3. The summed E-state index contributed by atoms with van der Waals surface area (Å²) in [6.07, 6.45) is 7.70. The molecule has 0 fully saturated rings. The van der Waals surface area contributed by atoms with Crippen LogP contribution in [0.25, 0.3) is 0 Å². The molecule has 0 aromatic carbocycles. The summed E-state index contributed by atoms with van der Waals surface area (Å²) >= 11 is -1.92. The summed E-state index contributed by atoms with van der Waals surface area (Å²) in [7, 11) is -0.604. The van der Waals surface area contributed by atoms with E-state index in [1.807, 2.05) is 9.16 Å². The van der Waals surface area contributed by atoms with Crippen LogP contribution in [0, 0.1) is 0 Å². The van der Waals surface area contributed by atoms with Crippen molar-refractivity contribution in [2.24, 2.45) is 0 Å². The molecule has 0 atom stereocenters. The zero-order valence-electron chi connectivity index (χ0n) is 21.9. The third-order valence-electron chi connectivity index (χ3n) is 6.35. The van der Waals surface area contributed by atoms with Gasteiger partial charge in [-0.05, 0) is 0 Å². The molecule has 0 saturated heterocycles. The Labute approximate surface area is 199 Å². The van der Waals surface area contributed by atoms with Gasteiger partial charge in [0.25, 0.3) is 0 Å². The van der Waals surface area contributed by atoms with Crippen LogP contribution in [0.4, 0.5) is 0 Å². The van der Waals surface area contributed by atoms with E-state index in [2.05, 4.69) is 67.4 Å². The molecule has 0 amide bonds. The van der Waals surface area contributed by atoms with Gasteiger partial charge in [0, 0.05) is 0 Å². The summed E-state index contributed by atoms with van der Waals surface area (Å²) in [5, 5.41) is 11.3. The molecule has 0 bridgehead atoms. The molecule has 1 aliphatic rings. The maximum atomic E-state index is 5.68. The Morgan fingerprint density at radius 1 is 0.839 bits per heavy atom. The van der Waals surface area contributed by atoms with Gasteiger partial charge in [0.15, 0.2) is 0 Å². The third kappa shape index (κ3) is 7.08. The zero-order valence-corrected chi connectivity index (χ0v) is 27.1. The van der Waals surface area contributed by atoms with Crippen molar-refractivity contribution < 1.29 is 29.3 Å². The molecule has 0 aromatic heterocycles. The maximum absolute atomic E-state index is 5.68. The van der Waals surface area contributed by atoms with E-state index in [9.17, 15) is 0 Å². The molecule has 0 aromatic rings. The second kappa shape index (κ2) is 11.5. The van der Waals surface area contributed by atoms with E-state index in [-0.39, 0.29) is 0 Å². The van der Waals surface area contributed by atoms with Crippen molar-refractivity contribution in [2.75, 3.05) is 21.3 Å². The Hall–Kier alpha value is 0.179. The number of rotatable bonds is 14. The van der Waals surface area contributed by atoms with Crippen molar-refractivity contribution >= 4 is 25.0 Å². The van der Waals surface area contributed by atoms with Gasteiger partial charge in [-0.1, -0.05) is 0 Å². The van der Waals surface area contributed by atoms with Crippen LogP contribution in [0.2, 0.25) is 60.3 Å². The monoisotopic (exact) mass is 663 g/mol. The van der Waals surface area contributed by atoms with Crippen molar-refractivity contribution in [3.8, 4) is 0 Å². The van der Waals surface area contributed by atoms with Crippen LogP contribution in [-0.2, 0) is 29.3 Å². The van der Waals surface area contributed by atoms with Crippen LogP contribution >= 0.6 is 0 Å². The average Bonchev–Trinajstić information content (AvgIpc) is 3.07. The van der Waals surface area contributed by atoms with Gasteiger partial charge in [-0.3, -0.25) is 0 Å². The summed E-state index contributed by atoms with van der Waals surface area (Å²) in [6.45, 7) is 18.5. The second-order valence-electron chi connectivity index (χ2n) is 10.2. The van der Waals surface area contributed by atoms with Gasteiger partial charge in [0.05, 0.1) is 0 Å². The molecule has 0 N–H and O–H groups in total. The van der Waals surface area contributed by atoms with Gasteiger partial charge in [-0.25, -0.2) is 0 Å². The van der Waals surface area contributed by atoms with Crippen LogP contribution < -0.4 is 0 Å². The van der Waals surface area contributed by atoms with Crippen molar-refractivity contribution in [3.05, 3.63) is 45.2 Å². The van der Waals surface area contributed by atoms with E-state index in [0.29, 0.717) is 0 Å². The van der Waals surface area contributed by atoms with Gasteiger partial charge >= 0.3 is 200 Å². The van der Waals surface area contributed by atoms with Gasteiger partial charge in [0.1, 0.15) is 0 Å². The van der Waals surface area contributed by atoms with Gasteiger partial charge in [-0.15, -0.1) is 0 Å². The SMILES string of the molecule is C=CC[Si](C)(C)C1=C(CCC[Si](OC)(OC)OC)C[C]([Pt]([CH3])([CH3])[CH3])=C1[Si](C)(C)CC=C.